The van der Waals surface area contributed by atoms with E-state index in [-0.39, 0.29) is 0 Å². The van der Waals surface area contributed by atoms with Gasteiger partial charge >= 0.3 is 0 Å². The monoisotopic (exact) mass is 198 g/mol. The Morgan fingerprint density at radius 1 is 1.21 bits per heavy atom. The summed E-state index contributed by atoms with van der Waals surface area (Å²) in [4.78, 5) is 2.69. The van der Waals surface area contributed by atoms with Gasteiger partial charge in [-0.2, -0.15) is 0 Å². The molecular weight excluding hydrogens is 176 g/mol. The first-order valence-electron chi connectivity index (χ1n) is 5.91. The molecule has 3 nitrogen and oxygen atoms in total. The molecule has 2 fully saturated rings. The number of hydrogen-bond acceptors (Lipinski definition) is 3. The summed E-state index contributed by atoms with van der Waals surface area (Å²) in [6, 6.07) is 0. The van der Waals surface area contributed by atoms with Gasteiger partial charge in [-0.05, 0) is 19.3 Å². The SMILES string of the molecule is CCC1(N2CCNCC2)CCOCC1. The lowest BCUT2D eigenvalue weighted by Gasteiger charge is -2.47. The minimum atomic E-state index is 0.459. The summed E-state index contributed by atoms with van der Waals surface area (Å²) in [5.74, 6) is 0. The third-order valence-electron chi connectivity index (χ3n) is 3.87. The van der Waals surface area contributed by atoms with Crippen LogP contribution in [-0.2, 0) is 4.74 Å². The van der Waals surface area contributed by atoms with E-state index in [0.717, 1.165) is 26.3 Å². The highest BCUT2D eigenvalue weighted by Crippen LogP contribution is 2.31. The van der Waals surface area contributed by atoms with Crippen molar-refractivity contribution in [2.75, 3.05) is 39.4 Å². The van der Waals surface area contributed by atoms with E-state index in [1.165, 1.54) is 32.4 Å². The van der Waals surface area contributed by atoms with Crippen molar-refractivity contribution < 1.29 is 4.74 Å². The van der Waals surface area contributed by atoms with E-state index in [4.69, 9.17) is 4.74 Å². The average Bonchev–Trinajstić information content (AvgIpc) is 2.31. The molecule has 0 radical (unpaired) electrons. The Balaban J connectivity index is 2.01. The molecule has 2 aliphatic rings. The first-order valence-corrected chi connectivity index (χ1v) is 5.91. The lowest BCUT2D eigenvalue weighted by atomic mass is 9.85. The third kappa shape index (κ3) is 1.95. The Bertz CT molecular complexity index is 172. The second-order valence-corrected chi connectivity index (χ2v) is 4.43. The number of nitrogens with one attached hydrogen (secondary N) is 1. The van der Waals surface area contributed by atoms with E-state index in [0.29, 0.717) is 5.54 Å². The van der Waals surface area contributed by atoms with Crippen LogP contribution in [0.1, 0.15) is 26.2 Å². The molecule has 0 aromatic rings. The fourth-order valence-electron chi connectivity index (χ4n) is 2.78. The Hall–Kier alpha value is -0.120. The molecule has 0 aromatic heterocycles. The van der Waals surface area contributed by atoms with E-state index < -0.39 is 0 Å². The number of hydrogen-bond donors (Lipinski definition) is 1. The van der Waals surface area contributed by atoms with E-state index in [1.807, 2.05) is 0 Å². The first kappa shape index (κ1) is 10.4. The van der Waals surface area contributed by atoms with Gasteiger partial charge in [0.25, 0.3) is 0 Å². The summed E-state index contributed by atoms with van der Waals surface area (Å²) in [5.41, 5.74) is 0.459. The normalized spacial score (nSPS) is 28.9. The lowest BCUT2D eigenvalue weighted by Crippen LogP contribution is -2.58. The van der Waals surface area contributed by atoms with Gasteiger partial charge in [-0.25, -0.2) is 0 Å². The molecule has 14 heavy (non-hydrogen) atoms. The molecule has 82 valence electrons. The van der Waals surface area contributed by atoms with Crippen LogP contribution in [0.4, 0.5) is 0 Å². The van der Waals surface area contributed by atoms with E-state index in [1.54, 1.807) is 0 Å². The maximum absolute atomic E-state index is 5.48. The van der Waals surface area contributed by atoms with Crippen LogP contribution >= 0.6 is 0 Å². The highest BCUT2D eigenvalue weighted by Gasteiger charge is 2.36. The predicted octanol–water partition coefficient (Wildman–Crippen LogP) is 0.851. The molecule has 1 N–H and O–H groups in total. The van der Waals surface area contributed by atoms with Gasteiger partial charge in [0.05, 0.1) is 0 Å². The smallest absolute Gasteiger partial charge is 0.0483 e. The molecule has 2 rings (SSSR count). The topological polar surface area (TPSA) is 24.5 Å². The van der Waals surface area contributed by atoms with Crippen molar-refractivity contribution >= 4 is 0 Å². The second kappa shape index (κ2) is 4.60. The molecule has 0 spiro atoms. The fourth-order valence-corrected chi connectivity index (χ4v) is 2.78. The van der Waals surface area contributed by atoms with E-state index in [9.17, 15) is 0 Å². The van der Waals surface area contributed by atoms with Crippen LogP contribution in [0.5, 0.6) is 0 Å². The molecule has 0 aliphatic carbocycles. The predicted molar refractivity (Wildman–Crippen MR) is 57.5 cm³/mol. The zero-order chi connectivity index (χ0) is 9.86. The standard InChI is InChI=1S/C11H22N2O/c1-2-11(3-9-14-10-4-11)13-7-5-12-6-8-13/h12H,2-10H2,1H3. The molecule has 0 atom stereocenters. The Labute approximate surface area is 86.8 Å². The van der Waals surface area contributed by atoms with E-state index >= 15 is 0 Å². The van der Waals surface area contributed by atoms with Gasteiger partial charge in [0, 0.05) is 44.9 Å². The highest BCUT2D eigenvalue weighted by molar-refractivity contribution is 4.93. The van der Waals surface area contributed by atoms with Crippen molar-refractivity contribution in [3.05, 3.63) is 0 Å². The lowest BCUT2D eigenvalue weighted by molar-refractivity contribution is -0.0356. The molecule has 0 unspecified atom stereocenters. The molecule has 0 saturated carbocycles. The number of rotatable bonds is 2. The molecule has 0 aromatic carbocycles. The first-order chi connectivity index (χ1) is 6.87. The highest BCUT2D eigenvalue weighted by atomic mass is 16.5. The minimum absolute atomic E-state index is 0.459. The second-order valence-electron chi connectivity index (χ2n) is 4.43. The average molecular weight is 198 g/mol. The molecule has 0 amide bonds. The summed E-state index contributed by atoms with van der Waals surface area (Å²) in [6.45, 7) is 8.98. The summed E-state index contributed by atoms with van der Waals surface area (Å²) < 4.78 is 5.48. The third-order valence-corrected chi connectivity index (χ3v) is 3.87. The van der Waals surface area contributed by atoms with Crippen LogP contribution in [0.2, 0.25) is 0 Å². The van der Waals surface area contributed by atoms with Crippen LogP contribution in [0.15, 0.2) is 0 Å². The van der Waals surface area contributed by atoms with Crippen LogP contribution in [-0.4, -0.2) is 49.8 Å². The molecule has 2 aliphatic heterocycles. The summed E-state index contributed by atoms with van der Waals surface area (Å²) in [5, 5.41) is 3.42. The van der Waals surface area contributed by atoms with Crippen molar-refractivity contribution in [3.63, 3.8) is 0 Å². The zero-order valence-corrected chi connectivity index (χ0v) is 9.22. The largest absolute Gasteiger partial charge is 0.381 e. The number of ether oxygens (including phenoxy) is 1. The van der Waals surface area contributed by atoms with Gasteiger partial charge in [-0.3, -0.25) is 4.90 Å². The molecule has 2 heterocycles. The van der Waals surface area contributed by atoms with Gasteiger partial charge in [0.15, 0.2) is 0 Å². The quantitative estimate of drug-likeness (QED) is 0.712. The minimum Gasteiger partial charge on any atom is -0.381 e. The maximum Gasteiger partial charge on any atom is 0.0483 e. The number of piperazine rings is 1. The molecule has 0 bridgehead atoms. The van der Waals surface area contributed by atoms with Crippen LogP contribution in [0, 0.1) is 0 Å². The Morgan fingerprint density at radius 3 is 2.43 bits per heavy atom. The van der Waals surface area contributed by atoms with Crippen molar-refractivity contribution in [2.45, 2.75) is 31.7 Å². The Kier molecular flexibility index (Phi) is 3.42. The number of nitrogens with zero attached hydrogens (tertiary/aromatic N) is 1. The van der Waals surface area contributed by atoms with Gasteiger partial charge in [0.2, 0.25) is 0 Å². The van der Waals surface area contributed by atoms with Crippen LogP contribution in [0.3, 0.4) is 0 Å². The van der Waals surface area contributed by atoms with Crippen molar-refractivity contribution in [1.29, 1.82) is 0 Å². The van der Waals surface area contributed by atoms with Gasteiger partial charge in [-0.1, -0.05) is 6.92 Å². The summed E-state index contributed by atoms with van der Waals surface area (Å²) in [6.07, 6.45) is 3.73. The molecular formula is C11H22N2O. The van der Waals surface area contributed by atoms with E-state index in [2.05, 4.69) is 17.1 Å². The van der Waals surface area contributed by atoms with Crippen LogP contribution in [0.25, 0.3) is 0 Å². The zero-order valence-electron chi connectivity index (χ0n) is 9.22. The summed E-state index contributed by atoms with van der Waals surface area (Å²) in [7, 11) is 0. The Morgan fingerprint density at radius 2 is 1.86 bits per heavy atom. The van der Waals surface area contributed by atoms with Crippen molar-refractivity contribution in [2.24, 2.45) is 0 Å². The van der Waals surface area contributed by atoms with Gasteiger partial charge in [-0.15, -0.1) is 0 Å². The van der Waals surface area contributed by atoms with Crippen LogP contribution < -0.4 is 5.32 Å². The van der Waals surface area contributed by atoms with Gasteiger partial charge < -0.3 is 10.1 Å². The maximum atomic E-state index is 5.48. The van der Waals surface area contributed by atoms with Crippen molar-refractivity contribution in [3.8, 4) is 0 Å². The molecule has 2 saturated heterocycles. The van der Waals surface area contributed by atoms with Crippen molar-refractivity contribution in [1.82, 2.24) is 10.2 Å². The molecule has 3 heteroatoms. The fraction of sp³-hybridized carbons (Fsp3) is 1.00. The summed E-state index contributed by atoms with van der Waals surface area (Å²) >= 11 is 0. The van der Waals surface area contributed by atoms with Gasteiger partial charge in [0.1, 0.15) is 0 Å².